The summed E-state index contributed by atoms with van der Waals surface area (Å²) in [5, 5.41) is 14.6. The van der Waals surface area contributed by atoms with Gasteiger partial charge in [0.25, 0.3) is 0 Å². The third-order valence-corrected chi connectivity index (χ3v) is 2.83. The highest BCUT2D eigenvalue weighted by Crippen LogP contribution is 2.31. The van der Waals surface area contributed by atoms with Crippen molar-refractivity contribution in [2.75, 3.05) is 17.6 Å². The Bertz CT molecular complexity index is 543. The number of benzene rings is 1. The summed E-state index contributed by atoms with van der Waals surface area (Å²) in [5.41, 5.74) is 6.45. The summed E-state index contributed by atoms with van der Waals surface area (Å²) < 4.78 is 0. The molecule has 1 unspecified atom stereocenters. The van der Waals surface area contributed by atoms with Crippen LogP contribution < -0.4 is 11.1 Å². The van der Waals surface area contributed by atoms with Gasteiger partial charge in [-0.15, -0.1) is 0 Å². The van der Waals surface area contributed by atoms with Gasteiger partial charge < -0.3 is 16.2 Å². The molecular formula is C12H14ClN3O. The number of aliphatic hydroxyl groups is 1. The number of nitrogen functional groups attached to an aromatic ring is 1. The van der Waals surface area contributed by atoms with E-state index in [1.54, 1.807) is 19.2 Å². The standard InChI is InChI=1S/C12H14ClN3O/c1-7(17)6-16-12-9-2-3-10(13)11(14)8(9)4-5-15-12/h2-5,7,17H,6,14H2,1H3,(H,15,16). The van der Waals surface area contributed by atoms with E-state index in [4.69, 9.17) is 17.3 Å². The van der Waals surface area contributed by atoms with E-state index in [1.165, 1.54) is 0 Å². The number of aliphatic hydroxyl groups excluding tert-OH is 1. The van der Waals surface area contributed by atoms with Crippen molar-refractivity contribution in [1.29, 1.82) is 0 Å². The lowest BCUT2D eigenvalue weighted by molar-refractivity contribution is 0.208. The molecule has 1 aromatic heterocycles. The van der Waals surface area contributed by atoms with Gasteiger partial charge in [-0.3, -0.25) is 0 Å². The number of hydrogen-bond donors (Lipinski definition) is 3. The number of nitrogens with one attached hydrogen (secondary N) is 1. The van der Waals surface area contributed by atoms with Crippen molar-refractivity contribution in [1.82, 2.24) is 4.98 Å². The first-order chi connectivity index (χ1) is 8.09. The number of nitrogens with zero attached hydrogens (tertiary/aromatic N) is 1. The van der Waals surface area contributed by atoms with Crippen molar-refractivity contribution in [3.63, 3.8) is 0 Å². The number of rotatable bonds is 3. The summed E-state index contributed by atoms with van der Waals surface area (Å²) in [4.78, 5) is 4.23. The van der Waals surface area contributed by atoms with Crippen LogP contribution in [0.15, 0.2) is 24.4 Å². The molecule has 4 nitrogen and oxygen atoms in total. The SMILES string of the molecule is CC(O)CNc1nccc2c(N)c(Cl)ccc12. The van der Waals surface area contributed by atoms with Crippen LogP contribution in [0.1, 0.15) is 6.92 Å². The van der Waals surface area contributed by atoms with Gasteiger partial charge >= 0.3 is 0 Å². The first kappa shape index (κ1) is 12.0. The zero-order valence-corrected chi connectivity index (χ0v) is 10.2. The van der Waals surface area contributed by atoms with E-state index in [-0.39, 0.29) is 0 Å². The molecule has 2 aromatic rings. The van der Waals surface area contributed by atoms with Gasteiger partial charge in [-0.1, -0.05) is 11.6 Å². The minimum atomic E-state index is -0.434. The molecule has 0 bridgehead atoms. The average molecular weight is 252 g/mol. The molecule has 0 spiro atoms. The monoisotopic (exact) mass is 251 g/mol. The van der Waals surface area contributed by atoms with Crippen LogP contribution in [-0.4, -0.2) is 22.7 Å². The third kappa shape index (κ3) is 2.43. The minimum absolute atomic E-state index is 0.434. The smallest absolute Gasteiger partial charge is 0.133 e. The molecule has 5 heteroatoms. The maximum atomic E-state index is 9.25. The first-order valence-corrected chi connectivity index (χ1v) is 5.72. The van der Waals surface area contributed by atoms with Gasteiger partial charge in [0.05, 0.1) is 16.8 Å². The highest BCUT2D eigenvalue weighted by atomic mass is 35.5. The van der Waals surface area contributed by atoms with E-state index in [1.807, 2.05) is 12.1 Å². The largest absolute Gasteiger partial charge is 0.397 e. The van der Waals surface area contributed by atoms with Crippen molar-refractivity contribution >= 4 is 33.9 Å². The summed E-state index contributed by atoms with van der Waals surface area (Å²) in [6, 6.07) is 5.43. The van der Waals surface area contributed by atoms with Crippen LogP contribution >= 0.6 is 11.6 Å². The second-order valence-corrected chi connectivity index (χ2v) is 4.35. The van der Waals surface area contributed by atoms with Crippen molar-refractivity contribution in [3.05, 3.63) is 29.4 Å². The van der Waals surface area contributed by atoms with Gasteiger partial charge in [-0.05, 0) is 25.1 Å². The van der Waals surface area contributed by atoms with Crippen LogP contribution in [0.5, 0.6) is 0 Å². The van der Waals surface area contributed by atoms with Gasteiger partial charge in [-0.2, -0.15) is 0 Å². The van der Waals surface area contributed by atoms with E-state index in [2.05, 4.69) is 10.3 Å². The van der Waals surface area contributed by atoms with Gasteiger partial charge in [0.2, 0.25) is 0 Å². The molecule has 0 fully saturated rings. The Morgan fingerprint density at radius 2 is 2.18 bits per heavy atom. The topological polar surface area (TPSA) is 71.2 Å². The van der Waals surface area contributed by atoms with E-state index in [9.17, 15) is 5.11 Å². The van der Waals surface area contributed by atoms with Crippen molar-refractivity contribution < 1.29 is 5.11 Å². The molecule has 0 aliphatic heterocycles. The normalized spacial score (nSPS) is 12.6. The molecule has 17 heavy (non-hydrogen) atoms. The molecule has 1 atom stereocenters. The molecule has 0 saturated carbocycles. The quantitative estimate of drug-likeness (QED) is 0.732. The number of hydrogen-bond acceptors (Lipinski definition) is 4. The van der Waals surface area contributed by atoms with Crippen LogP contribution in [0, 0.1) is 0 Å². The molecule has 2 rings (SSSR count). The number of anilines is 2. The molecule has 4 N–H and O–H groups in total. The molecule has 0 amide bonds. The van der Waals surface area contributed by atoms with Gasteiger partial charge in [-0.25, -0.2) is 4.98 Å². The molecule has 0 aliphatic rings. The lowest BCUT2D eigenvalue weighted by atomic mass is 10.1. The summed E-state index contributed by atoms with van der Waals surface area (Å²) >= 11 is 5.96. The fraction of sp³-hybridized carbons (Fsp3) is 0.250. The number of halogens is 1. The lowest BCUT2D eigenvalue weighted by Gasteiger charge is -2.11. The zero-order chi connectivity index (χ0) is 12.4. The summed E-state index contributed by atoms with van der Waals surface area (Å²) in [6.45, 7) is 2.15. The van der Waals surface area contributed by atoms with Crippen molar-refractivity contribution in [2.24, 2.45) is 0 Å². The van der Waals surface area contributed by atoms with Gasteiger partial charge in [0.1, 0.15) is 5.82 Å². The second kappa shape index (κ2) is 4.77. The Balaban J connectivity index is 2.47. The predicted molar refractivity (Wildman–Crippen MR) is 71.3 cm³/mol. The van der Waals surface area contributed by atoms with E-state index < -0.39 is 6.10 Å². The lowest BCUT2D eigenvalue weighted by Crippen LogP contribution is -2.16. The van der Waals surface area contributed by atoms with E-state index >= 15 is 0 Å². The third-order valence-electron chi connectivity index (χ3n) is 2.50. The zero-order valence-electron chi connectivity index (χ0n) is 9.44. The van der Waals surface area contributed by atoms with Crippen LogP contribution in [0.25, 0.3) is 10.8 Å². The van der Waals surface area contributed by atoms with E-state index in [0.717, 1.165) is 10.8 Å². The fourth-order valence-electron chi connectivity index (χ4n) is 1.64. The van der Waals surface area contributed by atoms with Crippen LogP contribution in [-0.2, 0) is 0 Å². The Labute approximate surface area is 104 Å². The summed E-state index contributed by atoms with van der Waals surface area (Å²) in [7, 11) is 0. The van der Waals surface area contributed by atoms with Crippen LogP contribution in [0.3, 0.4) is 0 Å². The molecule has 0 radical (unpaired) electrons. The summed E-state index contributed by atoms with van der Waals surface area (Å²) in [5.74, 6) is 0.701. The molecular weight excluding hydrogens is 238 g/mol. The van der Waals surface area contributed by atoms with Gasteiger partial charge in [0.15, 0.2) is 0 Å². The minimum Gasteiger partial charge on any atom is -0.397 e. The molecule has 1 heterocycles. The second-order valence-electron chi connectivity index (χ2n) is 3.95. The van der Waals surface area contributed by atoms with E-state index in [0.29, 0.717) is 23.1 Å². The maximum absolute atomic E-state index is 9.25. The number of pyridine rings is 1. The Morgan fingerprint density at radius 1 is 1.41 bits per heavy atom. The average Bonchev–Trinajstić information content (AvgIpc) is 2.31. The Morgan fingerprint density at radius 3 is 2.88 bits per heavy atom. The van der Waals surface area contributed by atoms with Crippen molar-refractivity contribution in [3.8, 4) is 0 Å². The maximum Gasteiger partial charge on any atom is 0.133 e. The predicted octanol–water partition coefficient (Wildman–Crippen LogP) is 2.26. The highest BCUT2D eigenvalue weighted by molar-refractivity contribution is 6.34. The van der Waals surface area contributed by atoms with Crippen LogP contribution in [0.2, 0.25) is 5.02 Å². The van der Waals surface area contributed by atoms with Crippen LogP contribution in [0.4, 0.5) is 11.5 Å². The molecule has 0 saturated heterocycles. The molecule has 1 aromatic carbocycles. The number of nitrogens with two attached hydrogens (primary N) is 1. The number of aromatic nitrogens is 1. The Kier molecular flexibility index (Phi) is 3.36. The van der Waals surface area contributed by atoms with Crippen molar-refractivity contribution in [2.45, 2.75) is 13.0 Å². The molecule has 0 aliphatic carbocycles. The highest BCUT2D eigenvalue weighted by Gasteiger charge is 2.07. The molecule has 90 valence electrons. The van der Waals surface area contributed by atoms with Gasteiger partial charge in [0, 0.05) is 23.5 Å². The first-order valence-electron chi connectivity index (χ1n) is 5.34. The Hall–Kier alpha value is -1.52. The summed E-state index contributed by atoms with van der Waals surface area (Å²) in [6.07, 6.45) is 1.23. The fourth-order valence-corrected chi connectivity index (χ4v) is 1.80. The number of fused-ring (bicyclic) bond motifs is 1.